The van der Waals surface area contributed by atoms with E-state index in [1.807, 2.05) is 4.90 Å². The van der Waals surface area contributed by atoms with Gasteiger partial charge in [-0.15, -0.1) is 0 Å². The first-order valence-electron chi connectivity index (χ1n) is 7.82. The molecule has 0 saturated heterocycles. The van der Waals surface area contributed by atoms with Crippen molar-refractivity contribution in [1.82, 2.24) is 4.90 Å². The van der Waals surface area contributed by atoms with E-state index in [0.29, 0.717) is 5.70 Å². The summed E-state index contributed by atoms with van der Waals surface area (Å²) in [7, 11) is 0. The Morgan fingerprint density at radius 2 is 1.81 bits per heavy atom. The van der Waals surface area contributed by atoms with Crippen LogP contribution < -0.4 is 5.73 Å². The highest BCUT2D eigenvalue weighted by Gasteiger charge is 2.21. The normalized spacial score (nSPS) is 18.9. The van der Waals surface area contributed by atoms with Crippen LogP contribution in [-0.4, -0.2) is 41.9 Å². The topological polar surface area (TPSA) is 75.8 Å². The van der Waals surface area contributed by atoms with Crippen LogP contribution in [-0.2, 0) is 9.59 Å². The third-order valence-electron chi connectivity index (χ3n) is 3.64. The Morgan fingerprint density at radius 1 is 1.19 bits per heavy atom. The van der Waals surface area contributed by atoms with E-state index in [0.717, 1.165) is 56.5 Å². The predicted molar refractivity (Wildman–Crippen MR) is 85.2 cm³/mol. The summed E-state index contributed by atoms with van der Waals surface area (Å²) < 4.78 is 0. The van der Waals surface area contributed by atoms with Gasteiger partial charge in [-0.3, -0.25) is 14.6 Å². The van der Waals surface area contributed by atoms with Gasteiger partial charge in [0.2, 0.25) is 5.91 Å². The van der Waals surface area contributed by atoms with Crippen LogP contribution in [0.1, 0.15) is 52.9 Å². The highest BCUT2D eigenvalue weighted by molar-refractivity contribution is 6.09. The number of carbonyl (C=O) groups is 2. The smallest absolute Gasteiger partial charge is 0.244 e. The Balaban J connectivity index is 2.76. The summed E-state index contributed by atoms with van der Waals surface area (Å²) in [5.74, 6) is -0.0663. The van der Waals surface area contributed by atoms with Gasteiger partial charge in [-0.25, -0.2) is 0 Å². The molecular formula is C16H27N3O2. The first-order chi connectivity index (χ1) is 10.0. The van der Waals surface area contributed by atoms with Crippen LogP contribution in [0.4, 0.5) is 0 Å². The molecule has 1 rings (SSSR count). The van der Waals surface area contributed by atoms with E-state index >= 15 is 0 Å². The summed E-state index contributed by atoms with van der Waals surface area (Å²) in [5, 5.41) is 0. The second-order valence-electron chi connectivity index (χ2n) is 5.45. The average Bonchev–Trinajstić information content (AvgIpc) is 2.91. The largest absolute Gasteiger partial charge is 0.396 e. The van der Waals surface area contributed by atoms with Crippen molar-refractivity contribution < 1.29 is 9.59 Å². The van der Waals surface area contributed by atoms with Crippen LogP contribution in [0.2, 0.25) is 0 Å². The van der Waals surface area contributed by atoms with Gasteiger partial charge in [-0.05, 0) is 37.7 Å². The van der Waals surface area contributed by atoms with Crippen molar-refractivity contribution in [3.8, 4) is 0 Å². The van der Waals surface area contributed by atoms with Crippen LogP contribution in [0.5, 0.6) is 0 Å². The quantitative estimate of drug-likeness (QED) is 0.730. The SMILES string of the molecule is CCCN(CCC)C(=O)CN=C1CCC/C1=C(/N)C(C)=O. The standard InChI is InChI=1S/C16H27N3O2/c1-4-9-19(10-5-2)15(21)11-18-14-8-6-7-13(14)16(17)12(3)20/h4-11,17H2,1-3H3/b16-13-,18-14?. The molecule has 1 saturated carbocycles. The molecule has 0 radical (unpaired) electrons. The lowest BCUT2D eigenvalue weighted by molar-refractivity contribution is -0.129. The number of rotatable bonds is 7. The third-order valence-corrected chi connectivity index (χ3v) is 3.64. The van der Waals surface area contributed by atoms with Crippen molar-refractivity contribution in [2.45, 2.75) is 52.9 Å². The zero-order chi connectivity index (χ0) is 15.8. The molecule has 1 aliphatic carbocycles. The molecule has 1 fully saturated rings. The highest BCUT2D eigenvalue weighted by Crippen LogP contribution is 2.24. The maximum atomic E-state index is 12.2. The van der Waals surface area contributed by atoms with E-state index in [2.05, 4.69) is 18.8 Å². The Labute approximate surface area is 127 Å². The summed E-state index contributed by atoms with van der Waals surface area (Å²) >= 11 is 0. The third kappa shape index (κ3) is 4.99. The molecular weight excluding hydrogens is 266 g/mol. The Hall–Kier alpha value is -1.65. The van der Waals surface area contributed by atoms with Crippen LogP contribution in [0.15, 0.2) is 16.3 Å². The molecule has 0 aliphatic heterocycles. The fraction of sp³-hybridized carbons (Fsp3) is 0.688. The molecule has 5 heteroatoms. The average molecular weight is 293 g/mol. The molecule has 2 N–H and O–H groups in total. The zero-order valence-corrected chi connectivity index (χ0v) is 13.4. The van der Waals surface area contributed by atoms with Gasteiger partial charge in [0.15, 0.2) is 5.78 Å². The lowest BCUT2D eigenvalue weighted by Crippen LogP contribution is -2.34. The van der Waals surface area contributed by atoms with E-state index < -0.39 is 0 Å². The van der Waals surface area contributed by atoms with Crippen LogP contribution in [0.3, 0.4) is 0 Å². The number of allylic oxidation sites excluding steroid dienone is 2. The van der Waals surface area contributed by atoms with Crippen molar-refractivity contribution in [2.75, 3.05) is 19.6 Å². The van der Waals surface area contributed by atoms with Crippen molar-refractivity contribution in [1.29, 1.82) is 0 Å². The summed E-state index contributed by atoms with van der Waals surface area (Å²) in [6.07, 6.45) is 4.43. The number of aliphatic imine (C=N–C) groups is 1. The molecule has 0 heterocycles. The van der Waals surface area contributed by atoms with Gasteiger partial charge in [-0.2, -0.15) is 0 Å². The minimum atomic E-state index is -0.121. The lowest BCUT2D eigenvalue weighted by Gasteiger charge is -2.20. The number of nitrogens with two attached hydrogens (primary N) is 1. The van der Waals surface area contributed by atoms with E-state index in [1.54, 1.807) is 0 Å². The van der Waals surface area contributed by atoms with E-state index in [4.69, 9.17) is 5.73 Å². The molecule has 0 atom stereocenters. The first-order valence-corrected chi connectivity index (χ1v) is 7.82. The van der Waals surface area contributed by atoms with E-state index in [-0.39, 0.29) is 18.2 Å². The van der Waals surface area contributed by atoms with Gasteiger partial charge in [-0.1, -0.05) is 13.8 Å². The molecule has 1 amide bonds. The van der Waals surface area contributed by atoms with Gasteiger partial charge in [0, 0.05) is 25.7 Å². The Morgan fingerprint density at radius 3 is 2.33 bits per heavy atom. The molecule has 1 aliphatic rings. The van der Waals surface area contributed by atoms with Crippen molar-refractivity contribution in [3.05, 3.63) is 11.3 Å². The predicted octanol–water partition coefficient (Wildman–Crippen LogP) is 2.06. The van der Waals surface area contributed by atoms with Gasteiger partial charge in [0.1, 0.15) is 6.54 Å². The Bertz CT molecular complexity index is 446. The number of ketones is 1. The van der Waals surface area contributed by atoms with Crippen molar-refractivity contribution in [3.63, 3.8) is 0 Å². The minimum Gasteiger partial charge on any atom is -0.396 e. The fourth-order valence-corrected chi connectivity index (χ4v) is 2.57. The molecule has 0 aromatic carbocycles. The number of carbonyl (C=O) groups excluding carboxylic acids is 2. The highest BCUT2D eigenvalue weighted by atomic mass is 16.2. The van der Waals surface area contributed by atoms with E-state index in [9.17, 15) is 9.59 Å². The van der Waals surface area contributed by atoms with Gasteiger partial charge < -0.3 is 10.6 Å². The van der Waals surface area contributed by atoms with Gasteiger partial charge >= 0.3 is 0 Å². The molecule has 0 bridgehead atoms. The number of hydrogen-bond acceptors (Lipinski definition) is 4. The molecule has 0 spiro atoms. The van der Waals surface area contributed by atoms with Crippen molar-refractivity contribution in [2.24, 2.45) is 10.7 Å². The fourth-order valence-electron chi connectivity index (χ4n) is 2.57. The monoisotopic (exact) mass is 293 g/mol. The van der Waals surface area contributed by atoms with E-state index in [1.165, 1.54) is 6.92 Å². The molecule has 5 nitrogen and oxygen atoms in total. The molecule has 21 heavy (non-hydrogen) atoms. The van der Waals surface area contributed by atoms with Crippen LogP contribution >= 0.6 is 0 Å². The molecule has 0 aromatic heterocycles. The first kappa shape index (κ1) is 17.4. The Kier molecular flexibility index (Phi) is 7.12. The lowest BCUT2D eigenvalue weighted by atomic mass is 10.1. The van der Waals surface area contributed by atoms with Crippen molar-refractivity contribution >= 4 is 17.4 Å². The van der Waals surface area contributed by atoms with Crippen LogP contribution in [0.25, 0.3) is 0 Å². The van der Waals surface area contributed by atoms with Crippen LogP contribution in [0, 0.1) is 0 Å². The maximum Gasteiger partial charge on any atom is 0.244 e. The second-order valence-corrected chi connectivity index (χ2v) is 5.45. The summed E-state index contributed by atoms with van der Waals surface area (Å²) in [5.41, 5.74) is 7.81. The second kappa shape index (κ2) is 8.60. The summed E-state index contributed by atoms with van der Waals surface area (Å²) in [6, 6.07) is 0. The zero-order valence-electron chi connectivity index (χ0n) is 13.4. The number of Topliss-reactive ketones (excluding diaryl/α,β-unsaturated/α-hetero) is 1. The maximum absolute atomic E-state index is 12.2. The molecule has 118 valence electrons. The number of nitrogens with zero attached hydrogens (tertiary/aromatic N) is 2. The minimum absolute atomic E-state index is 0.0545. The number of hydrogen-bond donors (Lipinski definition) is 1. The number of amides is 1. The van der Waals surface area contributed by atoms with Gasteiger partial charge in [0.05, 0.1) is 5.70 Å². The molecule has 0 aromatic rings. The summed E-state index contributed by atoms with van der Waals surface area (Å²) in [4.78, 5) is 29.9. The summed E-state index contributed by atoms with van der Waals surface area (Å²) in [6.45, 7) is 7.30. The van der Waals surface area contributed by atoms with Gasteiger partial charge in [0.25, 0.3) is 0 Å². The molecule has 0 unspecified atom stereocenters.